The van der Waals surface area contributed by atoms with Gasteiger partial charge in [0.15, 0.2) is 5.78 Å². The van der Waals surface area contributed by atoms with Crippen molar-refractivity contribution in [3.63, 3.8) is 0 Å². The minimum absolute atomic E-state index is 0.264. The van der Waals surface area contributed by atoms with Crippen LogP contribution in [0.4, 0.5) is 9.18 Å². The Morgan fingerprint density at radius 1 is 1.21 bits per heavy atom. The minimum atomic E-state index is -1.28. The summed E-state index contributed by atoms with van der Waals surface area (Å²) in [4.78, 5) is 39.7. The van der Waals surface area contributed by atoms with E-state index in [0.717, 1.165) is 29.1 Å². The van der Waals surface area contributed by atoms with Gasteiger partial charge >= 0.3 is 6.03 Å². The van der Waals surface area contributed by atoms with E-state index >= 15 is 0 Å². The zero-order chi connectivity index (χ0) is 20.9. The van der Waals surface area contributed by atoms with Crippen molar-refractivity contribution in [2.45, 2.75) is 51.6 Å². The Kier molecular flexibility index (Phi) is 4.56. The number of hydrogen-bond donors (Lipinski definition) is 1. The standard InChI is InChI=1S/C22H24FN3O3/c1-4-22(15-5-7-16(23)8-6-15)20(28)25(21(29)24-22)12-19(27)18-11-13(2)26(14(18)3)17-9-10-17/h5-8,11,17H,4,9-10,12H2,1-3H3,(H,24,29)/t22-/m0/s1. The summed E-state index contributed by atoms with van der Waals surface area (Å²) in [5, 5.41) is 2.73. The second kappa shape index (κ2) is 6.83. The van der Waals surface area contributed by atoms with Gasteiger partial charge in [0.25, 0.3) is 5.91 Å². The molecule has 0 bridgehead atoms. The first-order valence-electron chi connectivity index (χ1n) is 9.90. The number of Topliss-reactive ketones (excluding diaryl/α,β-unsaturated/α-hetero) is 1. The van der Waals surface area contributed by atoms with Gasteiger partial charge in [-0.2, -0.15) is 0 Å². The largest absolute Gasteiger partial charge is 0.345 e. The molecule has 1 aromatic heterocycles. The fraction of sp³-hybridized carbons (Fsp3) is 0.409. The number of benzene rings is 1. The maximum atomic E-state index is 13.3. The van der Waals surface area contributed by atoms with Crippen LogP contribution in [0.2, 0.25) is 0 Å². The second-order valence-corrected chi connectivity index (χ2v) is 7.90. The molecule has 1 saturated carbocycles. The number of rotatable bonds is 6. The molecule has 1 aliphatic carbocycles. The fourth-order valence-electron chi connectivity index (χ4n) is 4.33. The summed E-state index contributed by atoms with van der Waals surface area (Å²) in [6.07, 6.45) is 2.51. The molecule has 2 aliphatic rings. The van der Waals surface area contributed by atoms with Gasteiger partial charge in [-0.1, -0.05) is 19.1 Å². The molecular weight excluding hydrogens is 373 g/mol. The molecule has 6 nitrogen and oxygen atoms in total. The Morgan fingerprint density at radius 2 is 1.86 bits per heavy atom. The summed E-state index contributed by atoms with van der Waals surface area (Å²) < 4.78 is 15.5. The Balaban J connectivity index is 1.60. The molecule has 1 atom stereocenters. The average Bonchev–Trinajstić information content (AvgIpc) is 3.43. The molecule has 4 rings (SSSR count). The first-order valence-corrected chi connectivity index (χ1v) is 9.90. The van der Waals surface area contributed by atoms with Crippen LogP contribution in [0, 0.1) is 19.7 Å². The van der Waals surface area contributed by atoms with E-state index < -0.39 is 23.3 Å². The lowest BCUT2D eigenvalue weighted by molar-refractivity contribution is -0.131. The van der Waals surface area contributed by atoms with Crippen LogP contribution in [0.3, 0.4) is 0 Å². The van der Waals surface area contributed by atoms with Crippen molar-refractivity contribution in [1.82, 2.24) is 14.8 Å². The van der Waals surface area contributed by atoms with Gasteiger partial charge in [0.1, 0.15) is 11.4 Å². The molecule has 1 aromatic carbocycles. The lowest BCUT2D eigenvalue weighted by Gasteiger charge is -2.25. The number of imide groups is 1. The summed E-state index contributed by atoms with van der Waals surface area (Å²) in [5.41, 5.74) is 1.66. The zero-order valence-corrected chi connectivity index (χ0v) is 16.8. The number of ketones is 1. The molecule has 7 heteroatoms. The van der Waals surface area contributed by atoms with Gasteiger partial charge < -0.3 is 9.88 Å². The van der Waals surface area contributed by atoms with Crippen LogP contribution in [0.5, 0.6) is 0 Å². The summed E-state index contributed by atoms with van der Waals surface area (Å²) in [6.45, 7) is 5.32. The normalized spacial score (nSPS) is 21.6. The van der Waals surface area contributed by atoms with Gasteiger partial charge in [-0.3, -0.25) is 14.5 Å². The topological polar surface area (TPSA) is 71.4 Å². The number of nitrogens with zero attached hydrogens (tertiary/aromatic N) is 2. The second-order valence-electron chi connectivity index (χ2n) is 7.90. The number of carbonyl (C=O) groups is 3. The number of amides is 3. The zero-order valence-electron chi connectivity index (χ0n) is 16.8. The van der Waals surface area contributed by atoms with Crippen molar-refractivity contribution in [3.8, 4) is 0 Å². The van der Waals surface area contributed by atoms with Crippen LogP contribution in [0.1, 0.15) is 59.5 Å². The van der Waals surface area contributed by atoms with Gasteiger partial charge in [0.2, 0.25) is 0 Å². The third-order valence-electron chi connectivity index (χ3n) is 6.04. The molecule has 1 aliphatic heterocycles. The molecule has 3 amide bonds. The molecule has 2 aromatic rings. The van der Waals surface area contributed by atoms with E-state index in [1.807, 2.05) is 19.9 Å². The number of aryl methyl sites for hydroxylation is 1. The van der Waals surface area contributed by atoms with E-state index in [9.17, 15) is 18.8 Å². The maximum absolute atomic E-state index is 13.3. The lowest BCUT2D eigenvalue weighted by Crippen LogP contribution is -2.43. The molecule has 2 fully saturated rings. The van der Waals surface area contributed by atoms with Crippen LogP contribution < -0.4 is 5.32 Å². The van der Waals surface area contributed by atoms with E-state index in [2.05, 4.69) is 9.88 Å². The van der Waals surface area contributed by atoms with Gasteiger partial charge in [-0.05, 0) is 56.9 Å². The SMILES string of the molecule is CC[C@@]1(c2ccc(F)cc2)NC(=O)N(CC(=O)c2cc(C)n(C3CC3)c2C)C1=O. The van der Waals surface area contributed by atoms with Crippen molar-refractivity contribution in [2.75, 3.05) is 6.54 Å². The molecule has 29 heavy (non-hydrogen) atoms. The molecule has 0 radical (unpaired) electrons. The lowest BCUT2D eigenvalue weighted by atomic mass is 9.87. The van der Waals surface area contributed by atoms with E-state index in [1.165, 1.54) is 24.3 Å². The van der Waals surface area contributed by atoms with Crippen LogP contribution in [0.25, 0.3) is 0 Å². The minimum Gasteiger partial charge on any atom is -0.345 e. The Morgan fingerprint density at radius 3 is 2.45 bits per heavy atom. The predicted molar refractivity (Wildman–Crippen MR) is 105 cm³/mol. The summed E-state index contributed by atoms with van der Waals surface area (Å²) in [7, 11) is 0. The van der Waals surface area contributed by atoms with Crippen LogP contribution >= 0.6 is 0 Å². The molecule has 0 spiro atoms. The number of nitrogens with one attached hydrogen (secondary N) is 1. The Hall–Kier alpha value is -2.96. The molecule has 0 unspecified atom stereocenters. The van der Waals surface area contributed by atoms with Gasteiger partial charge in [0, 0.05) is 23.0 Å². The van der Waals surface area contributed by atoms with Crippen LogP contribution in [-0.2, 0) is 10.3 Å². The average molecular weight is 397 g/mol. The molecular formula is C22H24FN3O3. The number of halogens is 1. The molecule has 152 valence electrons. The highest BCUT2D eigenvalue weighted by Crippen LogP contribution is 2.38. The Bertz CT molecular complexity index is 1010. The van der Waals surface area contributed by atoms with Crippen molar-refractivity contribution >= 4 is 17.7 Å². The quantitative estimate of drug-likeness (QED) is 0.598. The van der Waals surface area contributed by atoms with E-state index in [4.69, 9.17) is 0 Å². The van der Waals surface area contributed by atoms with Gasteiger partial charge in [0.05, 0.1) is 6.54 Å². The molecule has 1 saturated heterocycles. The number of carbonyl (C=O) groups excluding carboxylic acids is 3. The van der Waals surface area contributed by atoms with Crippen LogP contribution in [-0.4, -0.2) is 33.7 Å². The molecule has 1 N–H and O–H groups in total. The highest BCUT2D eigenvalue weighted by molar-refractivity contribution is 6.11. The van der Waals surface area contributed by atoms with E-state index in [-0.39, 0.29) is 12.3 Å². The summed E-state index contributed by atoms with van der Waals surface area (Å²) in [6, 6.07) is 7.17. The smallest absolute Gasteiger partial charge is 0.325 e. The van der Waals surface area contributed by atoms with Crippen molar-refractivity contribution in [3.05, 3.63) is 58.7 Å². The van der Waals surface area contributed by atoms with E-state index in [1.54, 1.807) is 6.92 Å². The summed E-state index contributed by atoms with van der Waals surface area (Å²) in [5.74, 6) is -1.17. The molecule has 2 heterocycles. The first-order chi connectivity index (χ1) is 13.8. The van der Waals surface area contributed by atoms with Crippen molar-refractivity contribution in [1.29, 1.82) is 0 Å². The summed E-state index contributed by atoms with van der Waals surface area (Å²) >= 11 is 0. The van der Waals surface area contributed by atoms with Crippen molar-refractivity contribution in [2.24, 2.45) is 0 Å². The predicted octanol–water partition coefficient (Wildman–Crippen LogP) is 3.62. The first kappa shape index (κ1) is 19.4. The number of urea groups is 1. The maximum Gasteiger partial charge on any atom is 0.325 e. The van der Waals surface area contributed by atoms with Crippen molar-refractivity contribution < 1.29 is 18.8 Å². The van der Waals surface area contributed by atoms with Crippen LogP contribution in [0.15, 0.2) is 30.3 Å². The van der Waals surface area contributed by atoms with Gasteiger partial charge in [-0.15, -0.1) is 0 Å². The monoisotopic (exact) mass is 397 g/mol. The third kappa shape index (κ3) is 3.05. The number of hydrogen-bond acceptors (Lipinski definition) is 3. The number of aromatic nitrogens is 1. The van der Waals surface area contributed by atoms with Gasteiger partial charge in [-0.25, -0.2) is 9.18 Å². The third-order valence-corrected chi connectivity index (χ3v) is 6.04. The van der Waals surface area contributed by atoms with E-state index in [0.29, 0.717) is 23.6 Å². The highest BCUT2D eigenvalue weighted by Gasteiger charge is 2.51. The fourth-order valence-corrected chi connectivity index (χ4v) is 4.33. The Labute approximate surface area is 168 Å². The highest BCUT2D eigenvalue weighted by atomic mass is 19.1.